The van der Waals surface area contributed by atoms with Crippen LogP contribution in [0, 0.1) is 0 Å². The fourth-order valence-electron chi connectivity index (χ4n) is 2.12. The lowest BCUT2D eigenvalue weighted by atomic mass is 10.1. The van der Waals surface area contributed by atoms with Gasteiger partial charge in [-0.2, -0.15) is 13.2 Å². The van der Waals surface area contributed by atoms with Crippen LogP contribution in [0.1, 0.15) is 29.8 Å². The van der Waals surface area contributed by atoms with E-state index < -0.39 is 23.6 Å². The van der Waals surface area contributed by atoms with E-state index in [-0.39, 0.29) is 24.0 Å². The number of rotatable bonds is 6. The van der Waals surface area contributed by atoms with E-state index in [1.165, 1.54) is 36.4 Å². The molecule has 5 nitrogen and oxygen atoms in total. The number of hydrogen-bond donors (Lipinski definition) is 1. The molecule has 2 aromatic carbocycles. The molecule has 0 heterocycles. The summed E-state index contributed by atoms with van der Waals surface area (Å²) in [5.74, 6) is -0.734. The molecule has 1 amide bonds. The molecule has 0 bridgehead atoms. The SMILES string of the molecule is CC(C)OC(=O)COc1ccc(C(=O)Nc2cccc(C(F)(F)F)c2)cc1. The monoisotopic (exact) mass is 381 g/mol. The van der Waals surface area contributed by atoms with E-state index in [0.29, 0.717) is 5.75 Å². The molecule has 1 N–H and O–H groups in total. The first-order valence-corrected chi connectivity index (χ1v) is 8.06. The Kier molecular flexibility index (Phi) is 6.44. The molecule has 0 unspecified atom stereocenters. The largest absolute Gasteiger partial charge is 0.482 e. The van der Waals surface area contributed by atoms with Crippen molar-refractivity contribution in [3.63, 3.8) is 0 Å². The van der Waals surface area contributed by atoms with Crippen molar-refractivity contribution in [2.75, 3.05) is 11.9 Å². The first kappa shape index (κ1) is 20.3. The maximum atomic E-state index is 12.7. The summed E-state index contributed by atoms with van der Waals surface area (Å²) in [7, 11) is 0. The molecule has 0 saturated heterocycles. The Balaban J connectivity index is 1.97. The lowest BCUT2D eigenvalue weighted by Crippen LogP contribution is -2.18. The van der Waals surface area contributed by atoms with Gasteiger partial charge in [0, 0.05) is 11.3 Å². The van der Waals surface area contributed by atoms with Gasteiger partial charge in [-0.25, -0.2) is 4.79 Å². The highest BCUT2D eigenvalue weighted by Gasteiger charge is 2.30. The molecule has 0 aromatic heterocycles. The van der Waals surface area contributed by atoms with Gasteiger partial charge in [-0.05, 0) is 56.3 Å². The zero-order chi connectivity index (χ0) is 20.0. The zero-order valence-electron chi connectivity index (χ0n) is 14.7. The third kappa shape index (κ3) is 6.32. The first-order valence-electron chi connectivity index (χ1n) is 8.06. The molecule has 2 aromatic rings. The van der Waals surface area contributed by atoms with Gasteiger partial charge < -0.3 is 14.8 Å². The Morgan fingerprint density at radius 3 is 2.33 bits per heavy atom. The molecule has 0 atom stereocenters. The minimum Gasteiger partial charge on any atom is -0.482 e. The number of halogens is 3. The van der Waals surface area contributed by atoms with Crippen LogP contribution in [0.4, 0.5) is 18.9 Å². The van der Waals surface area contributed by atoms with Crippen LogP contribution in [0.3, 0.4) is 0 Å². The third-order valence-corrected chi connectivity index (χ3v) is 3.29. The quantitative estimate of drug-likeness (QED) is 0.759. The van der Waals surface area contributed by atoms with E-state index in [1.807, 2.05) is 0 Å². The highest BCUT2D eigenvalue weighted by molar-refractivity contribution is 6.04. The minimum absolute atomic E-state index is 0.0339. The Bertz CT molecular complexity index is 801. The van der Waals surface area contributed by atoms with Gasteiger partial charge in [0.25, 0.3) is 5.91 Å². The average molecular weight is 381 g/mol. The third-order valence-electron chi connectivity index (χ3n) is 3.29. The summed E-state index contributed by atoms with van der Waals surface area (Å²) in [4.78, 5) is 23.6. The second-order valence-electron chi connectivity index (χ2n) is 5.88. The van der Waals surface area contributed by atoms with Crippen molar-refractivity contribution < 1.29 is 32.2 Å². The van der Waals surface area contributed by atoms with E-state index in [1.54, 1.807) is 13.8 Å². The zero-order valence-corrected chi connectivity index (χ0v) is 14.7. The molecule has 0 aliphatic heterocycles. The van der Waals surface area contributed by atoms with Crippen LogP contribution in [-0.2, 0) is 15.7 Å². The van der Waals surface area contributed by atoms with E-state index >= 15 is 0 Å². The standard InChI is InChI=1S/C19H18F3NO4/c1-12(2)27-17(24)11-26-16-8-6-13(7-9-16)18(25)23-15-5-3-4-14(10-15)19(20,21)22/h3-10,12H,11H2,1-2H3,(H,23,25). The van der Waals surface area contributed by atoms with Gasteiger partial charge in [0.05, 0.1) is 11.7 Å². The van der Waals surface area contributed by atoms with Crippen molar-refractivity contribution in [2.45, 2.75) is 26.1 Å². The first-order chi connectivity index (χ1) is 12.6. The van der Waals surface area contributed by atoms with Crippen LogP contribution < -0.4 is 10.1 Å². The molecular weight excluding hydrogens is 363 g/mol. The van der Waals surface area contributed by atoms with Gasteiger partial charge in [0.1, 0.15) is 5.75 Å². The van der Waals surface area contributed by atoms with Crippen LogP contribution >= 0.6 is 0 Å². The normalized spacial score (nSPS) is 11.2. The second-order valence-corrected chi connectivity index (χ2v) is 5.88. The van der Waals surface area contributed by atoms with Crippen molar-refractivity contribution in [1.82, 2.24) is 0 Å². The summed E-state index contributed by atoms with van der Waals surface area (Å²) in [6.07, 6.45) is -4.74. The topological polar surface area (TPSA) is 64.6 Å². The molecule has 0 spiro atoms. The molecule has 0 saturated carbocycles. The summed E-state index contributed by atoms with van der Waals surface area (Å²) in [6, 6.07) is 10.2. The Labute approximate surface area is 154 Å². The molecule has 27 heavy (non-hydrogen) atoms. The number of alkyl halides is 3. The van der Waals surface area contributed by atoms with Crippen LogP contribution in [-0.4, -0.2) is 24.6 Å². The summed E-state index contributed by atoms with van der Waals surface area (Å²) in [6.45, 7) is 3.17. The fourth-order valence-corrected chi connectivity index (χ4v) is 2.12. The van der Waals surface area contributed by atoms with E-state index in [4.69, 9.17) is 9.47 Å². The van der Waals surface area contributed by atoms with Gasteiger partial charge in [-0.15, -0.1) is 0 Å². The molecule has 0 fully saturated rings. The van der Waals surface area contributed by atoms with Gasteiger partial charge in [-0.3, -0.25) is 4.79 Å². The number of amides is 1. The highest BCUT2D eigenvalue weighted by Crippen LogP contribution is 2.30. The van der Waals surface area contributed by atoms with Crippen molar-refractivity contribution in [1.29, 1.82) is 0 Å². The molecule has 0 aliphatic carbocycles. The number of esters is 1. The van der Waals surface area contributed by atoms with E-state index in [9.17, 15) is 22.8 Å². The van der Waals surface area contributed by atoms with Gasteiger partial charge in [-0.1, -0.05) is 6.07 Å². The number of hydrogen-bond acceptors (Lipinski definition) is 4. The summed E-state index contributed by atoms with van der Waals surface area (Å²) in [5.41, 5.74) is -0.589. The average Bonchev–Trinajstić information content (AvgIpc) is 2.59. The molecule has 8 heteroatoms. The number of carbonyl (C=O) groups is 2. The van der Waals surface area contributed by atoms with Crippen molar-refractivity contribution in [2.24, 2.45) is 0 Å². The molecule has 2 rings (SSSR count). The van der Waals surface area contributed by atoms with E-state index in [0.717, 1.165) is 12.1 Å². The van der Waals surface area contributed by atoms with Crippen LogP contribution in [0.5, 0.6) is 5.75 Å². The van der Waals surface area contributed by atoms with Crippen molar-refractivity contribution in [3.8, 4) is 5.75 Å². The second kappa shape index (κ2) is 8.57. The van der Waals surface area contributed by atoms with Crippen molar-refractivity contribution >= 4 is 17.6 Å². The highest BCUT2D eigenvalue weighted by atomic mass is 19.4. The van der Waals surface area contributed by atoms with Gasteiger partial charge in [0.2, 0.25) is 0 Å². The maximum Gasteiger partial charge on any atom is 0.416 e. The van der Waals surface area contributed by atoms with Crippen LogP contribution in [0.25, 0.3) is 0 Å². The predicted molar refractivity (Wildman–Crippen MR) is 92.6 cm³/mol. The van der Waals surface area contributed by atoms with Crippen LogP contribution in [0.15, 0.2) is 48.5 Å². The maximum absolute atomic E-state index is 12.7. The Morgan fingerprint density at radius 2 is 1.74 bits per heavy atom. The van der Waals surface area contributed by atoms with Crippen molar-refractivity contribution in [3.05, 3.63) is 59.7 Å². The van der Waals surface area contributed by atoms with Gasteiger partial charge in [0.15, 0.2) is 6.61 Å². The lowest BCUT2D eigenvalue weighted by Gasteiger charge is -2.11. The van der Waals surface area contributed by atoms with Gasteiger partial charge >= 0.3 is 12.1 Å². The number of benzene rings is 2. The number of anilines is 1. The summed E-state index contributed by atoms with van der Waals surface area (Å²) in [5, 5.41) is 2.41. The number of nitrogens with one attached hydrogen (secondary N) is 1. The molecule has 0 radical (unpaired) electrons. The van der Waals surface area contributed by atoms with E-state index in [2.05, 4.69) is 5.32 Å². The molecule has 0 aliphatic rings. The molecule has 144 valence electrons. The summed E-state index contributed by atoms with van der Waals surface area (Å²) >= 11 is 0. The summed E-state index contributed by atoms with van der Waals surface area (Å²) < 4.78 is 48.3. The number of ether oxygens (including phenoxy) is 2. The Morgan fingerprint density at radius 1 is 1.07 bits per heavy atom. The minimum atomic E-state index is -4.49. The van der Waals surface area contributed by atoms with Crippen LogP contribution in [0.2, 0.25) is 0 Å². The smallest absolute Gasteiger partial charge is 0.416 e. The fraction of sp³-hybridized carbons (Fsp3) is 0.263. The predicted octanol–water partition coefficient (Wildman–Crippen LogP) is 4.29. The Hall–Kier alpha value is -3.03. The number of carbonyl (C=O) groups excluding carboxylic acids is 2. The lowest BCUT2D eigenvalue weighted by molar-refractivity contribution is -0.149. The molecular formula is C19H18F3NO4.